The lowest BCUT2D eigenvalue weighted by molar-refractivity contribution is 0.0526. The van der Waals surface area contributed by atoms with Crippen LogP contribution in [0.4, 0.5) is 11.4 Å². The Hall–Kier alpha value is -2.56. The first kappa shape index (κ1) is 14.8. The van der Waals surface area contributed by atoms with Gasteiger partial charge in [0.1, 0.15) is 0 Å². The predicted molar refractivity (Wildman–Crippen MR) is 83.1 cm³/mol. The van der Waals surface area contributed by atoms with Crippen LogP contribution in [0.3, 0.4) is 0 Å². The zero-order chi connectivity index (χ0) is 15.2. The Morgan fingerprint density at radius 1 is 1.38 bits per heavy atom. The van der Waals surface area contributed by atoms with Crippen molar-refractivity contribution in [3.05, 3.63) is 53.3 Å². The van der Waals surface area contributed by atoms with E-state index in [-0.39, 0.29) is 5.97 Å². The van der Waals surface area contributed by atoms with Gasteiger partial charge in [0.15, 0.2) is 0 Å². The molecule has 0 radical (unpaired) electrons. The van der Waals surface area contributed by atoms with Crippen molar-refractivity contribution in [2.24, 2.45) is 0 Å². The number of nitrogens with one attached hydrogen (secondary N) is 1. The van der Waals surface area contributed by atoms with E-state index in [2.05, 4.69) is 10.3 Å². The fraction of sp³-hybridized carbons (Fsp3) is 0.250. The summed E-state index contributed by atoms with van der Waals surface area (Å²) in [7, 11) is 0. The molecule has 0 fully saturated rings. The van der Waals surface area contributed by atoms with Crippen LogP contribution in [0.2, 0.25) is 0 Å². The van der Waals surface area contributed by atoms with Crippen molar-refractivity contribution in [3.63, 3.8) is 0 Å². The Balaban J connectivity index is 2.08. The topological polar surface area (TPSA) is 77.2 Å². The molecule has 2 aromatic rings. The van der Waals surface area contributed by atoms with E-state index in [1.54, 1.807) is 31.3 Å². The summed E-state index contributed by atoms with van der Waals surface area (Å²) in [5.74, 6) is -0.365. The van der Waals surface area contributed by atoms with Crippen LogP contribution in [-0.2, 0) is 11.3 Å². The third-order valence-electron chi connectivity index (χ3n) is 3.13. The molecule has 1 aromatic heterocycles. The highest BCUT2D eigenvalue weighted by atomic mass is 16.5. The van der Waals surface area contributed by atoms with Crippen molar-refractivity contribution in [3.8, 4) is 0 Å². The third kappa shape index (κ3) is 3.72. The van der Waals surface area contributed by atoms with Crippen LogP contribution in [-0.4, -0.2) is 17.6 Å². The van der Waals surface area contributed by atoms with E-state index in [4.69, 9.17) is 10.5 Å². The maximum Gasteiger partial charge on any atom is 0.338 e. The highest BCUT2D eigenvalue weighted by Crippen LogP contribution is 2.21. The lowest BCUT2D eigenvalue weighted by Gasteiger charge is -2.11. The monoisotopic (exact) mass is 285 g/mol. The van der Waals surface area contributed by atoms with Gasteiger partial charge in [0.05, 0.1) is 35.8 Å². The van der Waals surface area contributed by atoms with Gasteiger partial charge in [0.25, 0.3) is 0 Å². The molecule has 5 nitrogen and oxygen atoms in total. The molecule has 3 N–H and O–H groups in total. The van der Waals surface area contributed by atoms with Crippen molar-refractivity contribution in [2.45, 2.75) is 20.4 Å². The van der Waals surface area contributed by atoms with Crippen LogP contribution in [0.5, 0.6) is 0 Å². The largest absolute Gasteiger partial charge is 0.462 e. The summed E-state index contributed by atoms with van der Waals surface area (Å²) in [4.78, 5) is 15.9. The first-order chi connectivity index (χ1) is 10.1. The second kappa shape index (κ2) is 6.74. The normalized spacial score (nSPS) is 10.2. The van der Waals surface area contributed by atoms with Crippen LogP contribution >= 0.6 is 0 Å². The molecular weight excluding hydrogens is 266 g/mol. The average Bonchev–Trinajstić information content (AvgIpc) is 2.47. The summed E-state index contributed by atoms with van der Waals surface area (Å²) in [6.07, 6.45) is 1.76. The van der Waals surface area contributed by atoms with Gasteiger partial charge in [-0.25, -0.2) is 4.79 Å². The molecule has 21 heavy (non-hydrogen) atoms. The van der Waals surface area contributed by atoms with E-state index in [1.165, 1.54) is 0 Å². The van der Waals surface area contributed by atoms with Gasteiger partial charge in [-0.3, -0.25) is 4.98 Å². The standard InChI is InChI=1S/C16H19N3O2/c1-3-21-16(20)12-6-7-14(13(17)9-12)19-10-15-11(2)5-4-8-18-15/h4-9,19H,3,10,17H2,1-2H3. The number of carbonyl (C=O) groups excluding carboxylic acids is 1. The molecule has 0 aliphatic carbocycles. The van der Waals surface area contributed by atoms with Gasteiger partial charge in [-0.05, 0) is 43.7 Å². The predicted octanol–water partition coefficient (Wildman–Crippen LogP) is 2.76. The SMILES string of the molecule is CCOC(=O)c1ccc(NCc2ncccc2C)c(N)c1. The van der Waals surface area contributed by atoms with Gasteiger partial charge in [-0.15, -0.1) is 0 Å². The first-order valence-corrected chi connectivity index (χ1v) is 6.82. The zero-order valence-corrected chi connectivity index (χ0v) is 12.2. The van der Waals surface area contributed by atoms with E-state index in [0.717, 1.165) is 16.9 Å². The molecule has 0 bridgehead atoms. The lowest BCUT2D eigenvalue weighted by Crippen LogP contribution is -2.08. The molecule has 0 spiro atoms. The number of carbonyl (C=O) groups is 1. The van der Waals surface area contributed by atoms with E-state index in [9.17, 15) is 4.79 Å². The fourth-order valence-electron chi connectivity index (χ4n) is 1.95. The van der Waals surface area contributed by atoms with Crippen molar-refractivity contribution in [1.82, 2.24) is 4.98 Å². The second-order valence-corrected chi connectivity index (χ2v) is 4.64. The molecule has 0 saturated heterocycles. The number of ether oxygens (including phenoxy) is 1. The number of pyridine rings is 1. The van der Waals surface area contributed by atoms with Gasteiger partial charge in [0.2, 0.25) is 0 Å². The minimum absolute atomic E-state index is 0.345. The van der Waals surface area contributed by atoms with Crippen molar-refractivity contribution >= 4 is 17.3 Å². The maximum atomic E-state index is 11.6. The molecule has 0 aliphatic rings. The summed E-state index contributed by atoms with van der Waals surface area (Å²) < 4.78 is 4.94. The Morgan fingerprint density at radius 3 is 2.86 bits per heavy atom. The maximum absolute atomic E-state index is 11.6. The van der Waals surface area contributed by atoms with Crippen LogP contribution < -0.4 is 11.1 Å². The van der Waals surface area contributed by atoms with Gasteiger partial charge in [-0.2, -0.15) is 0 Å². The van der Waals surface area contributed by atoms with Crippen LogP contribution in [0, 0.1) is 6.92 Å². The lowest BCUT2D eigenvalue weighted by atomic mass is 10.1. The number of nitrogen functional groups attached to an aromatic ring is 1. The number of rotatable bonds is 5. The molecule has 0 unspecified atom stereocenters. The molecule has 2 rings (SSSR count). The number of aromatic nitrogens is 1. The highest BCUT2D eigenvalue weighted by Gasteiger charge is 2.09. The first-order valence-electron chi connectivity index (χ1n) is 6.82. The van der Waals surface area contributed by atoms with E-state index in [1.807, 2.05) is 19.1 Å². The second-order valence-electron chi connectivity index (χ2n) is 4.64. The minimum atomic E-state index is -0.365. The highest BCUT2D eigenvalue weighted by molar-refractivity contribution is 5.91. The van der Waals surface area contributed by atoms with Gasteiger partial charge in [0, 0.05) is 6.20 Å². The van der Waals surface area contributed by atoms with Crippen molar-refractivity contribution in [1.29, 1.82) is 0 Å². The number of nitrogens with zero attached hydrogens (tertiary/aromatic N) is 1. The number of hydrogen-bond donors (Lipinski definition) is 2. The van der Waals surface area contributed by atoms with Gasteiger partial charge in [-0.1, -0.05) is 6.07 Å². The summed E-state index contributed by atoms with van der Waals surface area (Å²) in [6.45, 7) is 4.71. The smallest absolute Gasteiger partial charge is 0.338 e. The molecule has 0 saturated carbocycles. The summed E-state index contributed by atoms with van der Waals surface area (Å²) >= 11 is 0. The summed E-state index contributed by atoms with van der Waals surface area (Å²) in [5.41, 5.74) is 9.78. The molecule has 0 amide bonds. The quantitative estimate of drug-likeness (QED) is 0.652. The van der Waals surface area contributed by atoms with Gasteiger partial charge >= 0.3 is 5.97 Å². The van der Waals surface area contributed by atoms with Crippen molar-refractivity contribution < 1.29 is 9.53 Å². The van der Waals surface area contributed by atoms with Crippen LogP contribution in [0.1, 0.15) is 28.5 Å². The summed E-state index contributed by atoms with van der Waals surface area (Å²) in [6, 6.07) is 9.01. The Bertz CT molecular complexity index is 641. The molecule has 0 atom stereocenters. The number of nitrogens with two attached hydrogens (primary N) is 1. The van der Waals surface area contributed by atoms with E-state index >= 15 is 0 Å². The molecule has 1 aromatic carbocycles. The molecular formula is C16H19N3O2. The molecule has 0 aliphatic heterocycles. The number of benzene rings is 1. The third-order valence-corrected chi connectivity index (χ3v) is 3.13. The number of anilines is 2. The summed E-state index contributed by atoms with van der Waals surface area (Å²) in [5, 5.41) is 3.23. The minimum Gasteiger partial charge on any atom is -0.462 e. The zero-order valence-electron chi connectivity index (χ0n) is 12.2. The molecule has 5 heteroatoms. The Labute approximate surface area is 124 Å². The van der Waals surface area contributed by atoms with E-state index < -0.39 is 0 Å². The molecule has 110 valence electrons. The fourth-order valence-corrected chi connectivity index (χ4v) is 1.95. The number of hydrogen-bond acceptors (Lipinski definition) is 5. The van der Waals surface area contributed by atoms with Crippen LogP contribution in [0.25, 0.3) is 0 Å². The average molecular weight is 285 g/mol. The number of esters is 1. The van der Waals surface area contributed by atoms with E-state index in [0.29, 0.717) is 24.4 Å². The number of aryl methyl sites for hydroxylation is 1. The van der Waals surface area contributed by atoms with Crippen molar-refractivity contribution in [2.75, 3.05) is 17.7 Å². The Kier molecular flexibility index (Phi) is 4.77. The molecule has 1 heterocycles. The Morgan fingerprint density at radius 2 is 2.19 bits per heavy atom. The van der Waals surface area contributed by atoms with Gasteiger partial charge < -0.3 is 15.8 Å². The van der Waals surface area contributed by atoms with Crippen LogP contribution in [0.15, 0.2) is 36.5 Å².